The topological polar surface area (TPSA) is 50.4 Å². The molecule has 110 valence electrons. The van der Waals surface area contributed by atoms with Crippen LogP contribution in [0.1, 0.15) is 6.92 Å². The lowest BCUT2D eigenvalue weighted by Gasteiger charge is -2.09. The molecule has 0 aliphatic heterocycles. The summed E-state index contributed by atoms with van der Waals surface area (Å²) >= 11 is 0. The molecule has 0 saturated heterocycles. The maximum atomic E-state index is 13.4. The van der Waals surface area contributed by atoms with E-state index in [2.05, 4.69) is 10.6 Å². The van der Waals surface area contributed by atoms with Gasteiger partial charge >= 0.3 is 0 Å². The molecule has 0 saturated carbocycles. The minimum atomic E-state index is -0.383. The highest BCUT2D eigenvalue weighted by molar-refractivity contribution is 5.93. The zero-order valence-electron chi connectivity index (χ0n) is 11.7. The summed E-state index contributed by atoms with van der Waals surface area (Å²) in [4.78, 5) is 11.8. The number of halogens is 1. The summed E-state index contributed by atoms with van der Waals surface area (Å²) in [5.41, 5.74) is 0.970. The van der Waals surface area contributed by atoms with Crippen LogP contribution in [0.2, 0.25) is 0 Å². The van der Waals surface area contributed by atoms with Crippen LogP contribution >= 0.6 is 0 Å². The minimum absolute atomic E-state index is 0.00581. The van der Waals surface area contributed by atoms with E-state index in [1.54, 1.807) is 42.5 Å². The second-order valence-corrected chi connectivity index (χ2v) is 4.34. The summed E-state index contributed by atoms with van der Waals surface area (Å²) in [6.45, 7) is 2.50. The van der Waals surface area contributed by atoms with Crippen molar-refractivity contribution in [2.75, 3.05) is 23.8 Å². The molecule has 0 spiro atoms. The molecule has 1 amide bonds. The first-order chi connectivity index (χ1) is 10.2. The SMILES string of the molecule is CCOc1ccc(NC(=O)CNc2ccccc2F)cc1. The second kappa shape index (κ2) is 7.28. The number of ether oxygens (including phenoxy) is 1. The van der Waals surface area contributed by atoms with Crippen molar-refractivity contribution >= 4 is 17.3 Å². The lowest BCUT2D eigenvalue weighted by Crippen LogP contribution is -2.22. The average molecular weight is 288 g/mol. The number of nitrogens with one attached hydrogen (secondary N) is 2. The summed E-state index contributed by atoms with van der Waals surface area (Å²) in [5.74, 6) is 0.119. The van der Waals surface area contributed by atoms with Crippen molar-refractivity contribution in [2.24, 2.45) is 0 Å². The number of carbonyl (C=O) groups excluding carboxylic acids is 1. The van der Waals surface area contributed by atoms with Gasteiger partial charge in [-0.15, -0.1) is 0 Å². The van der Waals surface area contributed by atoms with Crippen LogP contribution in [-0.4, -0.2) is 19.1 Å². The molecule has 4 nitrogen and oxygen atoms in total. The average Bonchev–Trinajstić information content (AvgIpc) is 2.49. The molecule has 0 aromatic heterocycles. The quantitative estimate of drug-likeness (QED) is 0.857. The molecule has 0 fully saturated rings. The van der Waals surface area contributed by atoms with Gasteiger partial charge in [0, 0.05) is 5.69 Å². The monoisotopic (exact) mass is 288 g/mol. The summed E-state index contributed by atoms with van der Waals surface area (Å²) in [7, 11) is 0. The number of para-hydroxylation sites is 1. The number of hydrogen-bond acceptors (Lipinski definition) is 3. The molecule has 0 aliphatic carbocycles. The zero-order chi connectivity index (χ0) is 15.1. The fourth-order valence-electron chi connectivity index (χ4n) is 1.79. The highest BCUT2D eigenvalue weighted by atomic mass is 19.1. The Bertz CT molecular complexity index is 599. The van der Waals surface area contributed by atoms with Gasteiger partial charge < -0.3 is 15.4 Å². The van der Waals surface area contributed by atoms with Crippen molar-refractivity contribution in [2.45, 2.75) is 6.92 Å². The maximum Gasteiger partial charge on any atom is 0.243 e. The maximum absolute atomic E-state index is 13.4. The van der Waals surface area contributed by atoms with Gasteiger partial charge in [-0.1, -0.05) is 12.1 Å². The Balaban J connectivity index is 1.85. The van der Waals surface area contributed by atoms with E-state index in [1.807, 2.05) is 6.92 Å². The van der Waals surface area contributed by atoms with Crippen LogP contribution in [0.5, 0.6) is 5.75 Å². The van der Waals surface area contributed by atoms with E-state index in [0.717, 1.165) is 5.75 Å². The van der Waals surface area contributed by atoms with Gasteiger partial charge in [0.2, 0.25) is 5.91 Å². The van der Waals surface area contributed by atoms with Gasteiger partial charge in [0.25, 0.3) is 0 Å². The Kier molecular flexibility index (Phi) is 5.15. The van der Waals surface area contributed by atoms with E-state index in [-0.39, 0.29) is 18.3 Å². The Morgan fingerprint density at radius 3 is 2.52 bits per heavy atom. The molecule has 0 unspecified atom stereocenters. The normalized spacial score (nSPS) is 10.0. The van der Waals surface area contributed by atoms with Gasteiger partial charge in [0.15, 0.2) is 0 Å². The van der Waals surface area contributed by atoms with Crippen molar-refractivity contribution in [1.82, 2.24) is 0 Å². The van der Waals surface area contributed by atoms with Crippen LogP contribution < -0.4 is 15.4 Å². The third-order valence-corrected chi connectivity index (χ3v) is 2.76. The number of rotatable bonds is 6. The largest absolute Gasteiger partial charge is 0.494 e. The van der Waals surface area contributed by atoms with Crippen molar-refractivity contribution in [3.63, 3.8) is 0 Å². The molecule has 0 heterocycles. The summed E-state index contributed by atoms with van der Waals surface area (Å²) in [5, 5.41) is 5.47. The van der Waals surface area contributed by atoms with Crippen LogP contribution in [0, 0.1) is 5.82 Å². The van der Waals surface area contributed by atoms with Crippen molar-refractivity contribution in [1.29, 1.82) is 0 Å². The first-order valence-corrected chi connectivity index (χ1v) is 6.70. The van der Waals surface area contributed by atoms with Gasteiger partial charge in [0.05, 0.1) is 18.8 Å². The first kappa shape index (κ1) is 14.8. The van der Waals surface area contributed by atoms with Gasteiger partial charge in [-0.05, 0) is 43.3 Å². The summed E-state index contributed by atoms with van der Waals surface area (Å²) in [6, 6.07) is 13.3. The summed E-state index contributed by atoms with van der Waals surface area (Å²) in [6.07, 6.45) is 0. The molecule has 2 aromatic carbocycles. The van der Waals surface area contributed by atoms with Gasteiger partial charge in [-0.25, -0.2) is 4.39 Å². The molecule has 2 N–H and O–H groups in total. The Labute approximate surface area is 122 Å². The van der Waals surface area contributed by atoms with E-state index >= 15 is 0 Å². The summed E-state index contributed by atoms with van der Waals surface area (Å²) < 4.78 is 18.7. The molecular formula is C16H17FN2O2. The molecule has 21 heavy (non-hydrogen) atoms. The number of hydrogen-bond donors (Lipinski definition) is 2. The molecule has 0 radical (unpaired) electrons. The molecule has 2 rings (SSSR count). The Hall–Kier alpha value is -2.56. The zero-order valence-corrected chi connectivity index (χ0v) is 11.7. The molecule has 0 bridgehead atoms. The smallest absolute Gasteiger partial charge is 0.243 e. The fraction of sp³-hybridized carbons (Fsp3) is 0.188. The number of anilines is 2. The van der Waals surface area contributed by atoms with Crippen molar-refractivity contribution in [3.05, 3.63) is 54.3 Å². The van der Waals surface area contributed by atoms with Crippen LogP contribution in [-0.2, 0) is 4.79 Å². The van der Waals surface area contributed by atoms with E-state index < -0.39 is 0 Å². The lowest BCUT2D eigenvalue weighted by atomic mass is 10.3. The van der Waals surface area contributed by atoms with E-state index in [9.17, 15) is 9.18 Å². The first-order valence-electron chi connectivity index (χ1n) is 6.70. The second-order valence-electron chi connectivity index (χ2n) is 4.34. The van der Waals surface area contributed by atoms with E-state index in [4.69, 9.17) is 4.74 Å². The number of carbonyl (C=O) groups is 1. The molecule has 2 aromatic rings. The van der Waals surface area contributed by atoms with Gasteiger partial charge in [-0.2, -0.15) is 0 Å². The standard InChI is InChI=1S/C16H17FN2O2/c1-2-21-13-9-7-12(8-10-13)19-16(20)11-18-15-6-4-3-5-14(15)17/h3-10,18H,2,11H2,1H3,(H,19,20). The van der Waals surface area contributed by atoms with Crippen molar-refractivity contribution in [3.8, 4) is 5.75 Å². The van der Waals surface area contributed by atoms with Crippen molar-refractivity contribution < 1.29 is 13.9 Å². The molecule has 0 aliphatic rings. The van der Waals surface area contributed by atoms with Crippen LogP contribution in [0.15, 0.2) is 48.5 Å². The Morgan fingerprint density at radius 2 is 1.86 bits per heavy atom. The fourth-order valence-corrected chi connectivity index (χ4v) is 1.79. The minimum Gasteiger partial charge on any atom is -0.494 e. The third kappa shape index (κ3) is 4.49. The predicted molar refractivity (Wildman–Crippen MR) is 81.1 cm³/mol. The van der Waals surface area contributed by atoms with Gasteiger partial charge in [0.1, 0.15) is 11.6 Å². The predicted octanol–water partition coefficient (Wildman–Crippen LogP) is 3.28. The van der Waals surface area contributed by atoms with Gasteiger partial charge in [-0.3, -0.25) is 4.79 Å². The highest BCUT2D eigenvalue weighted by Gasteiger charge is 2.05. The molecular weight excluding hydrogens is 271 g/mol. The van der Waals surface area contributed by atoms with E-state index in [1.165, 1.54) is 6.07 Å². The van der Waals surface area contributed by atoms with Crippen LogP contribution in [0.3, 0.4) is 0 Å². The Morgan fingerprint density at radius 1 is 1.14 bits per heavy atom. The number of amides is 1. The lowest BCUT2D eigenvalue weighted by molar-refractivity contribution is -0.114. The van der Waals surface area contributed by atoms with Crippen LogP contribution in [0.4, 0.5) is 15.8 Å². The highest BCUT2D eigenvalue weighted by Crippen LogP contribution is 2.16. The third-order valence-electron chi connectivity index (χ3n) is 2.76. The number of benzene rings is 2. The van der Waals surface area contributed by atoms with Crippen LogP contribution in [0.25, 0.3) is 0 Å². The van der Waals surface area contributed by atoms with E-state index in [0.29, 0.717) is 18.0 Å². The molecule has 0 atom stereocenters. The molecule has 5 heteroatoms.